The molecule has 2 amide bonds. The maximum Gasteiger partial charge on any atom is 0.234 e. The Hall–Kier alpha value is -3.69. The quantitative estimate of drug-likeness (QED) is 0.334. The summed E-state index contributed by atoms with van der Waals surface area (Å²) in [7, 11) is 0. The van der Waals surface area contributed by atoms with E-state index >= 15 is 0 Å². The molecule has 0 fully saturated rings. The third-order valence-electron chi connectivity index (χ3n) is 4.66. The number of thioether (sulfide) groups is 1. The Kier molecular flexibility index (Phi) is 7.24. The molecule has 10 heteroatoms. The first-order valence-electron chi connectivity index (χ1n) is 10.2. The van der Waals surface area contributed by atoms with Crippen molar-refractivity contribution in [2.45, 2.75) is 12.1 Å². The molecule has 0 bridgehead atoms. The topological polar surface area (TPSA) is 88.9 Å². The average molecular weight is 496 g/mol. The van der Waals surface area contributed by atoms with Crippen molar-refractivity contribution in [3.05, 3.63) is 83.6 Å². The van der Waals surface area contributed by atoms with E-state index in [2.05, 4.69) is 20.8 Å². The van der Waals surface area contributed by atoms with Crippen LogP contribution in [0, 0.1) is 5.82 Å². The molecular formula is C24H19ClFN5O2S. The van der Waals surface area contributed by atoms with Gasteiger partial charge in [0.2, 0.25) is 11.8 Å². The fourth-order valence-electron chi connectivity index (χ4n) is 3.20. The smallest absolute Gasteiger partial charge is 0.234 e. The predicted molar refractivity (Wildman–Crippen MR) is 132 cm³/mol. The van der Waals surface area contributed by atoms with Gasteiger partial charge in [0, 0.05) is 23.9 Å². The molecule has 4 rings (SSSR count). The molecule has 0 aliphatic carbocycles. The zero-order valence-corrected chi connectivity index (χ0v) is 19.5. The van der Waals surface area contributed by atoms with E-state index in [-0.39, 0.29) is 23.3 Å². The van der Waals surface area contributed by atoms with Crippen molar-refractivity contribution in [2.75, 3.05) is 16.4 Å². The van der Waals surface area contributed by atoms with Crippen LogP contribution >= 0.6 is 23.4 Å². The molecule has 0 aliphatic heterocycles. The van der Waals surface area contributed by atoms with Gasteiger partial charge in [-0.3, -0.25) is 14.2 Å². The van der Waals surface area contributed by atoms with Crippen molar-refractivity contribution in [1.82, 2.24) is 14.8 Å². The SMILES string of the molecule is CC(=O)Nc1ccc(NC(=O)CSc2nnc(-c3ccccc3Cl)n2-c2ccccc2F)cc1. The molecule has 1 heterocycles. The Morgan fingerprint density at radius 1 is 0.941 bits per heavy atom. The lowest BCUT2D eigenvalue weighted by Gasteiger charge is -2.12. The first-order chi connectivity index (χ1) is 16.4. The molecule has 0 radical (unpaired) electrons. The molecule has 0 atom stereocenters. The largest absolute Gasteiger partial charge is 0.326 e. The van der Waals surface area contributed by atoms with E-state index in [1.54, 1.807) is 71.3 Å². The number of carbonyl (C=O) groups is 2. The van der Waals surface area contributed by atoms with Gasteiger partial charge < -0.3 is 10.6 Å². The Bertz CT molecular complexity index is 1340. The summed E-state index contributed by atoms with van der Waals surface area (Å²) in [5, 5.41) is 14.7. The summed E-state index contributed by atoms with van der Waals surface area (Å²) < 4.78 is 16.3. The van der Waals surface area contributed by atoms with E-state index in [1.165, 1.54) is 13.0 Å². The Morgan fingerprint density at radius 2 is 1.59 bits per heavy atom. The summed E-state index contributed by atoms with van der Waals surface area (Å²) in [5.41, 5.74) is 2.05. The third kappa shape index (κ3) is 5.44. The van der Waals surface area contributed by atoms with Crippen molar-refractivity contribution in [3.63, 3.8) is 0 Å². The van der Waals surface area contributed by atoms with Crippen LogP contribution in [-0.4, -0.2) is 32.3 Å². The lowest BCUT2D eigenvalue weighted by atomic mass is 10.2. The van der Waals surface area contributed by atoms with Crippen LogP contribution in [0.25, 0.3) is 17.1 Å². The minimum absolute atomic E-state index is 0.0164. The normalized spacial score (nSPS) is 10.7. The van der Waals surface area contributed by atoms with Gasteiger partial charge in [0.15, 0.2) is 11.0 Å². The molecule has 34 heavy (non-hydrogen) atoms. The Morgan fingerprint density at radius 3 is 2.26 bits per heavy atom. The highest BCUT2D eigenvalue weighted by Crippen LogP contribution is 2.32. The molecular weight excluding hydrogens is 477 g/mol. The highest BCUT2D eigenvalue weighted by Gasteiger charge is 2.20. The second kappa shape index (κ2) is 10.5. The minimum Gasteiger partial charge on any atom is -0.326 e. The number of nitrogens with zero attached hydrogens (tertiary/aromatic N) is 3. The highest BCUT2D eigenvalue weighted by molar-refractivity contribution is 7.99. The highest BCUT2D eigenvalue weighted by atomic mass is 35.5. The molecule has 2 N–H and O–H groups in total. The van der Waals surface area contributed by atoms with Crippen molar-refractivity contribution in [2.24, 2.45) is 0 Å². The second-order valence-corrected chi connectivity index (χ2v) is 8.52. The van der Waals surface area contributed by atoms with Gasteiger partial charge in [0.1, 0.15) is 5.82 Å². The van der Waals surface area contributed by atoms with Crippen molar-refractivity contribution >= 4 is 46.6 Å². The Labute approximate surface area is 204 Å². The standard InChI is InChI=1S/C24H19ClFN5O2S/c1-15(32)27-16-10-12-17(13-11-16)28-22(33)14-34-24-30-29-23(18-6-2-3-7-19(18)25)31(24)21-9-5-4-8-20(21)26/h2-13H,14H2,1H3,(H,27,32)(H,28,33). The van der Waals surface area contributed by atoms with E-state index in [0.717, 1.165) is 11.8 Å². The summed E-state index contributed by atoms with van der Waals surface area (Å²) >= 11 is 7.48. The number of hydrogen-bond acceptors (Lipinski definition) is 5. The fourth-order valence-corrected chi connectivity index (χ4v) is 4.16. The molecule has 1 aromatic heterocycles. The summed E-state index contributed by atoms with van der Waals surface area (Å²) in [4.78, 5) is 23.7. The van der Waals surface area contributed by atoms with Crippen molar-refractivity contribution in [1.29, 1.82) is 0 Å². The van der Waals surface area contributed by atoms with Crippen LogP contribution in [0.3, 0.4) is 0 Å². The lowest BCUT2D eigenvalue weighted by Crippen LogP contribution is -2.15. The van der Waals surface area contributed by atoms with Crippen molar-refractivity contribution < 1.29 is 14.0 Å². The molecule has 0 saturated carbocycles. The third-order valence-corrected chi connectivity index (χ3v) is 5.92. The number of hydrogen-bond donors (Lipinski definition) is 2. The van der Waals surface area contributed by atoms with Gasteiger partial charge in [-0.1, -0.05) is 47.6 Å². The predicted octanol–water partition coefficient (Wildman–Crippen LogP) is 5.42. The first kappa shape index (κ1) is 23.5. The number of halogens is 2. The van der Waals surface area contributed by atoms with E-state index in [4.69, 9.17) is 11.6 Å². The van der Waals surface area contributed by atoms with Crippen molar-refractivity contribution in [3.8, 4) is 17.1 Å². The van der Waals surface area contributed by atoms with E-state index in [9.17, 15) is 14.0 Å². The van der Waals surface area contributed by atoms with Gasteiger partial charge in [0.25, 0.3) is 0 Å². The van der Waals surface area contributed by atoms with Gasteiger partial charge >= 0.3 is 0 Å². The van der Waals surface area contributed by atoms with Crippen LogP contribution < -0.4 is 10.6 Å². The fraction of sp³-hybridized carbons (Fsp3) is 0.0833. The molecule has 0 aliphatic rings. The maximum absolute atomic E-state index is 14.7. The van der Waals surface area contributed by atoms with Gasteiger partial charge in [-0.15, -0.1) is 10.2 Å². The molecule has 0 saturated heterocycles. The van der Waals surface area contributed by atoms with Crippen LogP contribution in [0.2, 0.25) is 5.02 Å². The summed E-state index contributed by atoms with van der Waals surface area (Å²) in [6, 6.07) is 20.1. The molecule has 172 valence electrons. The Balaban J connectivity index is 1.55. The summed E-state index contributed by atoms with van der Waals surface area (Å²) in [6.07, 6.45) is 0. The zero-order valence-electron chi connectivity index (χ0n) is 18.0. The van der Waals surface area contributed by atoms with Crippen LogP contribution in [0.1, 0.15) is 6.92 Å². The number of anilines is 2. The van der Waals surface area contributed by atoms with Gasteiger partial charge in [0.05, 0.1) is 16.5 Å². The summed E-state index contributed by atoms with van der Waals surface area (Å²) in [5.74, 6) is -0.529. The number of amides is 2. The molecule has 0 unspecified atom stereocenters. The van der Waals surface area contributed by atoms with Gasteiger partial charge in [-0.2, -0.15) is 0 Å². The molecule has 3 aromatic carbocycles. The number of aromatic nitrogens is 3. The maximum atomic E-state index is 14.7. The van der Waals surface area contributed by atoms with Gasteiger partial charge in [-0.05, 0) is 48.5 Å². The first-order valence-corrected chi connectivity index (χ1v) is 11.5. The van der Waals surface area contributed by atoms with Crippen LogP contribution in [-0.2, 0) is 9.59 Å². The van der Waals surface area contributed by atoms with Crippen LogP contribution in [0.5, 0.6) is 0 Å². The number of nitrogens with one attached hydrogen (secondary N) is 2. The molecule has 0 spiro atoms. The number of para-hydroxylation sites is 1. The molecule has 4 aromatic rings. The second-order valence-electron chi connectivity index (χ2n) is 7.17. The lowest BCUT2D eigenvalue weighted by molar-refractivity contribution is -0.114. The van der Waals surface area contributed by atoms with E-state index in [1.807, 2.05) is 0 Å². The summed E-state index contributed by atoms with van der Waals surface area (Å²) in [6.45, 7) is 1.42. The number of rotatable bonds is 7. The number of carbonyl (C=O) groups excluding carboxylic acids is 2. The van der Waals surface area contributed by atoms with E-state index in [0.29, 0.717) is 32.9 Å². The molecule has 7 nitrogen and oxygen atoms in total. The average Bonchev–Trinajstić information content (AvgIpc) is 3.23. The van der Waals surface area contributed by atoms with E-state index < -0.39 is 5.82 Å². The number of benzene rings is 3. The monoisotopic (exact) mass is 495 g/mol. The minimum atomic E-state index is -0.457. The zero-order chi connectivity index (χ0) is 24.1. The van der Waals surface area contributed by atoms with Gasteiger partial charge in [-0.25, -0.2) is 4.39 Å². The van der Waals surface area contributed by atoms with Crippen LogP contribution in [0.15, 0.2) is 78.0 Å². The van der Waals surface area contributed by atoms with Crippen LogP contribution in [0.4, 0.5) is 15.8 Å².